The summed E-state index contributed by atoms with van der Waals surface area (Å²) in [6.45, 7) is 4.79. The van der Waals surface area contributed by atoms with E-state index in [0.717, 1.165) is 22.2 Å². The normalized spacial score (nSPS) is 13.2. The average Bonchev–Trinajstić information content (AvgIpc) is 2.39. The second-order valence-electron chi connectivity index (χ2n) is 3.34. The molecule has 1 unspecified atom stereocenters. The van der Waals surface area contributed by atoms with Crippen LogP contribution in [0.4, 0.5) is 0 Å². The van der Waals surface area contributed by atoms with E-state index in [1.165, 1.54) is 0 Å². The van der Waals surface area contributed by atoms with E-state index in [4.69, 9.17) is 17.3 Å². The molecule has 0 saturated carbocycles. The van der Waals surface area contributed by atoms with E-state index in [9.17, 15) is 0 Å². The third-order valence-corrected chi connectivity index (χ3v) is 3.80. The van der Waals surface area contributed by atoms with Crippen molar-refractivity contribution in [1.29, 1.82) is 0 Å². The van der Waals surface area contributed by atoms with Gasteiger partial charge in [-0.05, 0) is 6.92 Å². The highest BCUT2D eigenvalue weighted by atomic mass is 35.5. The molecule has 0 fully saturated rings. The molecule has 1 rings (SSSR count). The zero-order valence-corrected chi connectivity index (χ0v) is 10.3. The fourth-order valence-electron chi connectivity index (χ4n) is 1.13. The zero-order chi connectivity index (χ0) is 10.7. The number of hydrogen-bond donors (Lipinski definition) is 1. The van der Waals surface area contributed by atoms with Crippen LogP contribution in [0.15, 0.2) is 0 Å². The molecule has 0 aliphatic heterocycles. The van der Waals surface area contributed by atoms with Gasteiger partial charge in [-0.3, -0.25) is 4.68 Å². The van der Waals surface area contributed by atoms with Gasteiger partial charge in [0, 0.05) is 30.2 Å². The number of hydrogen-bond acceptors (Lipinski definition) is 3. The maximum absolute atomic E-state index is 6.10. The van der Waals surface area contributed by atoms with Crippen LogP contribution in [-0.4, -0.2) is 21.6 Å². The van der Waals surface area contributed by atoms with Crippen LogP contribution < -0.4 is 5.73 Å². The van der Waals surface area contributed by atoms with Crippen LogP contribution in [0, 0.1) is 6.92 Å². The first-order chi connectivity index (χ1) is 6.56. The summed E-state index contributed by atoms with van der Waals surface area (Å²) in [7, 11) is 1.86. The number of rotatable bonds is 4. The molecule has 1 aromatic rings. The average molecular weight is 234 g/mol. The van der Waals surface area contributed by atoms with Crippen molar-refractivity contribution in [2.45, 2.75) is 24.9 Å². The van der Waals surface area contributed by atoms with Gasteiger partial charge in [-0.2, -0.15) is 16.9 Å². The summed E-state index contributed by atoms with van der Waals surface area (Å²) < 4.78 is 1.71. The first kappa shape index (κ1) is 11.9. The van der Waals surface area contributed by atoms with Crippen LogP contribution in [0.2, 0.25) is 5.15 Å². The van der Waals surface area contributed by atoms with E-state index in [0.29, 0.717) is 11.8 Å². The first-order valence-electron chi connectivity index (χ1n) is 4.56. The van der Waals surface area contributed by atoms with Crippen molar-refractivity contribution in [3.8, 4) is 0 Å². The standard InChI is InChI=1S/C9H16ClN3S/c1-6(4-11)14-5-8-7(2)12-13(3)9(8)10/h6H,4-5,11H2,1-3H3. The van der Waals surface area contributed by atoms with Crippen LogP contribution >= 0.6 is 23.4 Å². The Morgan fingerprint density at radius 2 is 2.29 bits per heavy atom. The maximum atomic E-state index is 6.10. The molecule has 0 aliphatic carbocycles. The molecule has 0 aromatic carbocycles. The molecule has 14 heavy (non-hydrogen) atoms. The Balaban J connectivity index is 2.67. The summed E-state index contributed by atoms with van der Waals surface area (Å²) in [6, 6.07) is 0. The van der Waals surface area contributed by atoms with Gasteiger partial charge in [0.05, 0.1) is 5.69 Å². The van der Waals surface area contributed by atoms with Gasteiger partial charge in [0.2, 0.25) is 0 Å². The van der Waals surface area contributed by atoms with Gasteiger partial charge in [-0.25, -0.2) is 0 Å². The topological polar surface area (TPSA) is 43.8 Å². The van der Waals surface area contributed by atoms with Gasteiger partial charge in [-0.1, -0.05) is 18.5 Å². The molecule has 80 valence electrons. The summed E-state index contributed by atoms with van der Waals surface area (Å²) in [5, 5.41) is 5.45. The molecule has 1 heterocycles. The van der Waals surface area contributed by atoms with Gasteiger partial charge in [0.25, 0.3) is 0 Å². The molecule has 3 nitrogen and oxygen atoms in total. The predicted molar refractivity (Wildman–Crippen MR) is 62.8 cm³/mol. The summed E-state index contributed by atoms with van der Waals surface area (Å²) in [4.78, 5) is 0. The Bertz CT molecular complexity index is 311. The predicted octanol–water partition coefficient (Wildman–Crippen LogP) is 1.96. The summed E-state index contributed by atoms with van der Waals surface area (Å²) in [5.74, 6) is 0.886. The van der Waals surface area contributed by atoms with Gasteiger partial charge in [0.1, 0.15) is 5.15 Å². The van der Waals surface area contributed by atoms with Crippen molar-refractivity contribution < 1.29 is 0 Å². The fraction of sp³-hybridized carbons (Fsp3) is 0.667. The van der Waals surface area contributed by atoms with Gasteiger partial charge < -0.3 is 5.73 Å². The molecule has 0 spiro atoms. The van der Waals surface area contributed by atoms with E-state index >= 15 is 0 Å². The van der Waals surface area contributed by atoms with E-state index in [-0.39, 0.29) is 0 Å². The number of nitrogens with two attached hydrogens (primary N) is 1. The number of halogens is 1. The van der Waals surface area contributed by atoms with Crippen LogP contribution in [0.3, 0.4) is 0 Å². The van der Waals surface area contributed by atoms with Gasteiger partial charge >= 0.3 is 0 Å². The highest BCUT2D eigenvalue weighted by Gasteiger charge is 2.12. The lowest BCUT2D eigenvalue weighted by Gasteiger charge is -2.07. The zero-order valence-electron chi connectivity index (χ0n) is 8.75. The number of nitrogens with zero attached hydrogens (tertiary/aromatic N) is 2. The van der Waals surface area contributed by atoms with E-state index in [2.05, 4.69) is 12.0 Å². The third kappa shape index (κ3) is 2.65. The SMILES string of the molecule is Cc1nn(C)c(Cl)c1CSC(C)CN. The smallest absolute Gasteiger partial charge is 0.131 e. The van der Waals surface area contributed by atoms with Crippen molar-refractivity contribution in [2.24, 2.45) is 12.8 Å². The Labute approximate surface area is 94.0 Å². The molecular weight excluding hydrogens is 218 g/mol. The lowest BCUT2D eigenvalue weighted by Crippen LogP contribution is -2.12. The fourth-order valence-corrected chi connectivity index (χ4v) is 2.38. The maximum Gasteiger partial charge on any atom is 0.131 e. The summed E-state index contributed by atoms with van der Waals surface area (Å²) in [6.07, 6.45) is 0. The molecular formula is C9H16ClN3S. The quantitative estimate of drug-likeness (QED) is 0.865. The van der Waals surface area contributed by atoms with E-state index < -0.39 is 0 Å². The van der Waals surface area contributed by atoms with Crippen molar-refractivity contribution in [1.82, 2.24) is 9.78 Å². The molecule has 0 aliphatic rings. The van der Waals surface area contributed by atoms with Crippen molar-refractivity contribution in [3.05, 3.63) is 16.4 Å². The lowest BCUT2D eigenvalue weighted by atomic mass is 10.3. The Morgan fingerprint density at radius 3 is 2.71 bits per heavy atom. The molecule has 2 N–H and O–H groups in total. The van der Waals surface area contributed by atoms with Crippen molar-refractivity contribution in [3.63, 3.8) is 0 Å². The molecule has 0 saturated heterocycles. The monoisotopic (exact) mass is 233 g/mol. The van der Waals surface area contributed by atoms with E-state index in [1.54, 1.807) is 4.68 Å². The Kier molecular flexibility index (Phi) is 4.29. The number of thioether (sulfide) groups is 1. The lowest BCUT2D eigenvalue weighted by molar-refractivity contribution is 0.757. The molecule has 0 amide bonds. The minimum Gasteiger partial charge on any atom is -0.329 e. The van der Waals surface area contributed by atoms with Crippen molar-refractivity contribution in [2.75, 3.05) is 6.54 Å². The second-order valence-corrected chi connectivity index (χ2v) is 5.12. The Hall–Kier alpha value is -0.190. The molecule has 5 heteroatoms. The molecule has 0 bridgehead atoms. The second kappa shape index (κ2) is 5.05. The number of aromatic nitrogens is 2. The van der Waals surface area contributed by atoms with E-state index in [1.807, 2.05) is 25.7 Å². The largest absolute Gasteiger partial charge is 0.329 e. The van der Waals surface area contributed by atoms with Crippen LogP contribution in [0.1, 0.15) is 18.2 Å². The highest BCUT2D eigenvalue weighted by Crippen LogP contribution is 2.25. The summed E-state index contributed by atoms with van der Waals surface area (Å²) >= 11 is 7.90. The Morgan fingerprint density at radius 1 is 1.64 bits per heavy atom. The van der Waals surface area contributed by atoms with Gasteiger partial charge in [-0.15, -0.1) is 0 Å². The van der Waals surface area contributed by atoms with Crippen LogP contribution in [-0.2, 0) is 12.8 Å². The summed E-state index contributed by atoms with van der Waals surface area (Å²) in [5.41, 5.74) is 7.68. The molecule has 0 radical (unpaired) electrons. The third-order valence-electron chi connectivity index (χ3n) is 2.11. The number of aryl methyl sites for hydroxylation is 2. The molecule has 1 atom stereocenters. The minimum atomic E-state index is 0.464. The highest BCUT2D eigenvalue weighted by molar-refractivity contribution is 7.99. The van der Waals surface area contributed by atoms with Crippen LogP contribution in [0.25, 0.3) is 0 Å². The minimum absolute atomic E-state index is 0.464. The first-order valence-corrected chi connectivity index (χ1v) is 5.98. The van der Waals surface area contributed by atoms with Crippen LogP contribution in [0.5, 0.6) is 0 Å². The van der Waals surface area contributed by atoms with Gasteiger partial charge in [0.15, 0.2) is 0 Å². The van der Waals surface area contributed by atoms with Crippen molar-refractivity contribution >= 4 is 23.4 Å². The molecule has 1 aromatic heterocycles.